The number of esters is 1. The minimum atomic E-state index is -0.221. The van der Waals surface area contributed by atoms with Crippen LogP contribution in [0, 0.1) is 5.92 Å². The van der Waals surface area contributed by atoms with E-state index >= 15 is 0 Å². The Hall–Kier alpha value is -1.57. The van der Waals surface area contributed by atoms with E-state index in [2.05, 4.69) is 19.6 Å². The monoisotopic (exact) mass is 400 g/mol. The molecule has 0 aliphatic rings. The van der Waals surface area contributed by atoms with Crippen LogP contribution in [0.25, 0.3) is 0 Å². The highest BCUT2D eigenvalue weighted by Gasteiger charge is 2.08. The summed E-state index contributed by atoms with van der Waals surface area (Å²) in [5.41, 5.74) is 0.629. The molecule has 2 heteroatoms. The van der Waals surface area contributed by atoms with Crippen LogP contribution in [0.4, 0.5) is 0 Å². The molecule has 1 rings (SSSR count). The van der Waals surface area contributed by atoms with E-state index in [-0.39, 0.29) is 5.97 Å². The number of ether oxygens (including phenoxy) is 1. The molecule has 29 heavy (non-hydrogen) atoms. The lowest BCUT2D eigenvalue weighted by molar-refractivity contribution is 0.0495. The second-order valence-electron chi connectivity index (χ2n) is 8.32. The topological polar surface area (TPSA) is 26.3 Å². The number of carbonyl (C=O) groups is 1. The van der Waals surface area contributed by atoms with Gasteiger partial charge in [-0.3, -0.25) is 0 Å². The largest absolute Gasteiger partial charge is 0.462 e. The van der Waals surface area contributed by atoms with Crippen molar-refractivity contribution in [3.05, 3.63) is 48.6 Å². The van der Waals surface area contributed by atoms with E-state index in [0.29, 0.717) is 18.1 Å². The third-order valence-corrected chi connectivity index (χ3v) is 5.72. The summed E-state index contributed by atoms with van der Waals surface area (Å²) < 4.78 is 5.37. The van der Waals surface area contributed by atoms with Gasteiger partial charge in [0.1, 0.15) is 0 Å². The fourth-order valence-electron chi connectivity index (χ4n) is 3.80. The normalized spacial score (nSPS) is 11.9. The average Bonchev–Trinajstić information content (AvgIpc) is 2.76. The molecular weight excluding hydrogens is 356 g/mol. The van der Waals surface area contributed by atoms with Gasteiger partial charge in [0.25, 0.3) is 0 Å². The molecule has 0 saturated carbocycles. The van der Waals surface area contributed by atoms with Crippen LogP contribution in [0.3, 0.4) is 0 Å². The van der Waals surface area contributed by atoms with Gasteiger partial charge in [0.15, 0.2) is 0 Å². The molecule has 0 heterocycles. The first-order valence-electron chi connectivity index (χ1n) is 12.1. The quantitative estimate of drug-likeness (QED) is 0.132. The molecular formula is C27H44O2. The van der Waals surface area contributed by atoms with E-state index in [9.17, 15) is 4.79 Å². The summed E-state index contributed by atoms with van der Waals surface area (Å²) in [5.74, 6) is 0.329. The highest BCUT2D eigenvalue weighted by molar-refractivity contribution is 5.89. The van der Waals surface area contributed by atoms with Crippen molar-refractivity contribution in [2.75, 3.05) is 6.61 Å². The standard InChI is InChI=1S/C27H44O2/c1-3-5-6-7-8-9-10-11-12-13-14-16-20-25(4-2)21-19-24-29-27(28)26-22-17-15-18-23-26/h4,15,17-18,22-23,25H,2-3,5-14,16,19-21,24H2,1H3. The summed E-state index contributed by atoms with van der Waals surface area (Å²) in [6.45, 7) is 6.77. The van der Waals surface area contributed by atoms with Gasteiger partial charge >= 0.3 is 5.97 Å². The van der Waals surface area contributed by atoms with Gasteiger partial charge in [-0.2, -0.15) is 0 Å². The zero-order chi connectivity index (χ0) is 21.0. The molecule has 0 aromatic heterocycles. The van der Waals surface area contributed by atoms with Crippen molar-refractivity contribution in [3.63, 3.8) is 0 Å². The molecule has 0 fully saturated rings. The molecule has 2 nitrogen and oxygen atoms in total. The molecule has 0 aliphatic heterocycles. The molecule has 0 N–H and O–H groups in total. The number of hydrogen-bond donors (Lipinski definition) is 0. The third kappa shape index (κ3) is 14.1. The van der Waals surface area contributed by atoms with Crippen LogP contribution in [-0.2, 0) is 4.74 Å². The van der Waals surface area contributed by atoms with Crippen molar-refractivity contribution in [2.45, 2.75) is 103 Å². The molecule has 1 unspecified atom stereocenters. The van der Waals surface area contributed by atoms with Crippen LogP contribution in [-0.4, -0.2) is 12.6 Å². The second-order valence-corrected chi connectivity index (χ2v) is 8.32. The second kappa shape index (κ2) is 18.5. The Morgan fingerprint density at radius 1 is 0.828 bits per heavy atom. The molecule has 0 radical (unpaired) electrons. The molecule has 1 aromatic carbocycles. The Morgan fingerprint density at radius 2 is 1.34 bits per heavy atom. The van der Waals surface area contributed by atoms with E-state index < -0.39 is 0 Å². The number of carbonyl (C=O) groups excluding carboxylic acids is 1. The van der Waals surface area contributed by atoms with E-state index in [0.717, 1.165) is 12.8 Å². The average molecular weight is 401 g/mol. The Morgan fingerprint density at radius 3 is 1.90 bits per heavy atom. The number of hydrogen-bond acceptors (Lipinski definition) is 2. The molecule has 1 atom stereocenters. The SMILES string of the molecule is C=CC(CCCCCCCCCCCCCC)CCCOC(=O)c1ccccc1. The fourth-order valence-corrected chi connectivity index (χ4v) is 3.80. The Bertz CT molecular complexity index is 509. The van der Waals surface area contributed by atoms with Gasteiger partial charge in [0, 0.05) is 0 Å². The smallest absolute Gasteiger partial charge is 0.338 e. The van der Waals surface area contributed by atoms with Gasteiger partial charge in [-0.05, 0) is 37.3 Å². The van der Waals surface area contributed by atoms with Gasteiger partial charge < -0.3 is 4.74 Å². The van der Waals surface area contributed by atoms with Crippen LogP contribution >= 0.6 is 0 Å². The summed E-state index contributed by atoms with van der Waals surface area (Å²) in [5, 5.41) is 0. The molecule has 0 aliphatic carbocycles. The Labute approximate surface area is 180 Å². The number of unbranched alkanes of at least 4 members (excludes halogenated alkanes) is 11. The summed E-state index contributed by atoms with van der Waals surface area (Å²) in [6.07, 6.45) is 22.0. The summed E-state index contributed by atoms with van der Waals surface area (Å²) in [6, 6.07) is 9.21. The van der Waals surface area contributed by atoms with Crippen LogP contribution in [0.1, 0.15) is 114 Å². The maximum absolute atomic E-state index is 11.9. The molecule has 1 aromatic rings. The number of benzene rings is 1. The van der Waals surface area contributed by atoms with Gasteiger partial charge in [-0.1, -0.05) is 108 Å². The first-order chi connectivity index (χ1) is 14.3. The summed E-state index contributed by atoms with van der Waals surface area (Å²) >= 11 is 0. The van der Waals surface area contributed by atoms with E-state index in [1.807, 2.05) is 18.2 Å². The lowest BCUT2D eigenvalue weighted by Crippen LogP contribution is -2.07. The maximum atomic E-state index is 11.9. The van der Waals surface area contributed by atoms with Crippen molar-refractivity contribution < 1.29 is 9.53 Å². The molecule has 164 valence electrons. The van der Waals surface area contributed by atoms with Gasteiger partial charge in [0.05, 0.1) is 12.2 Å². The van der Waals surface area contributed by atoms with Gasteiger partial charge in [-0.25, -0.2) is 4.79 Å². The third-order valence-electron chi connectivity index (χ3n) is 5.72. The van der Waals surface area contributed by atoms with E-state index in [1.165, 1.54) is 83.5 Å². The van der Waals surface area contributed by atoms with Crippen LogP contribution in [0.2, 0.25) is 0 Å². The lowest BCUT2D eigenvalue weighted by atomic mass is 9.96. The van der Waals surface area contributed by atoms with E-state index in [1.54, 1.807) is 12.1 Å². The lowest BCUT2D eigenvalue weighted by Gasteiger charge is -2.12. The first kappa shape index (κ1) is 25.5. The first-order valence-corrected chi connectivity index (χ1v) is 12.1. The highest BCUT2D eigenvalue weighted by atomic mass is 16.5. The van der Waals surface area contributed by atoms with Crippen molar-refractivity contribution in [1.82, 2.24) is 0 Å². The van der Waals surface area contributed by atoms with Crippen molar-refractivity contribution >= 4 is 5.97 Å². The van der Waals surface area contributed by atoms with Crippen LogP contribution in [0.5, 0.6) is 0 Å². The molecule has 0 amide bonds. The van der Waals surface area contributed by atoms with E-state index in [4.69, 9.17) is 4.74 Å². The van der Waals surface area contributed by atoms with Crippen molar-refractivity contribution in [3.8, 4) is 0 Å². The minimum absolute atomic E-state index is 0.221. The number of allylic oxidation sites excluding steroid dienone is 1. The van der Waals surface area contributed by atoms with Crippen LogP contribution in [0.15, 0.2) is 43.0 Å². The zero-order valence-corrected chi connectivity index (χ0v) is 18.9. The molecule has 0 spiro atoms. The zero-order valence-electron chi connectivity index (χ0n) is 18.9. The maximum Gasteiger partial charge on any atom is 0.338 e. The molecule has 0 saturated heterocycles. The highest BCUT2D eigenvalue weighted by Crippen LogP contribution is 2.18. The van der Waals surface area contributed by atoms with Crippen molar-refractivity contribution in [1.29, 1.82) is 0 Å². The number of rotatable bonds is 19. The van der Waals surface area contributed by atoms with Crippen molar-refractivity contribution in [2.24, 2.45) is 5.92 Å². The van der Waals surface area contributed by atoms with Gasteiger partial charge in [0.2, 0.25) is 0 Å². The van der Waals surface area contributed by atoms with Crippen LogP contribution < -0.4 is 0 Å². The predicted molar refractivity (Wildman–Crippen MR) is 125 cm³/mol. The Kier molecular flexibility index (Phi) is 16.2. The molecule has 0 bridgehead atoms. The summed E-state index contributed by atoms with van der Waals surface area (Å²) in [7, 11) is 0. The summed E-state index contributed by atoms with van der Waals surface area (Å²) in [4.78, 5) is 11.9. The minimum Gasteiger partial charge on any atom is -0.462 e. The Balaban J connectivity index is 1.92. The fraction of sp³-hybridized carbons (Fsp3) is 0.667. The predicted octanol–water partition coefficient (Wildman–Crippen LogP) is 8.52. The van der Waals surface area contributed by atoms with Gasteiger partial charge in [-0.15, -0.1) is 6.58 Å².